The third kappa shape index (κ3) is 3.21. The van der Waals surface area contributed by atoms with Crippen LogP contribution in [0, 0.1) is 11.6 Å². The van der Waals surface area contributed by atoms with E-state index in [-0.39, 0.29) is 0 Å². The quantitative estimate of drug-likeness (QED) is 0.835. The van der Waals surface area contributed by atoms with Crippen LogP contribution in [0.2, 0.25) is 0 Å². The molecule has 1 fully saturated rings. The highest BCUT2D eigenvalue weighted by atomic mass is 19.2. The van der Waals surface area contributed by atoms with Gasteiger partial charge in [0.2, 0.25) is 0 Å². The molecule has 0 aliphatic carbocycles. The Kier molecular flexibility index (Phi) is 3.71. The van der Waals surface area contributed by atoms with E-state index in [0.29, 0.717) is 38.3 Å². The molecule has 2 N–H and O–H groups in total. The van der Waals surface area contributed by atoms with Crippen molar-refractivity contribution in [3.05, 3.63) is 35.4 Å². The molecular formula is C12H15F2NO2. The molecule has 17 heavy (non-hydrogen) atoms. The van der Waals surface area contributed by atoms with Gasteiger partial charge in [0.25, 0.3) is 0 Å². The van der Waals surface area contributed by atoms with Crippen LogP contribution in [-0.2, 0) is 11.3 Å². The Morgan fingerprint density at radius 3 is 2.82 bits per heavy atom. The fraction of sp³-hybridized carbons (Fsp3) is 0.500. The smallest absolute Gasteiger partial charge is 0.159 e. The van der Waals surface area contributed by atoms with Gasteiger partial charge < -0.3 is 15.2 Å². The summed E-state index contributed by atoms with van der Waals surface area (Å²) in [5.41, 5.74) is -0.190. The molecular weight excluding hydrogens is 228 g/mol. The van der Waals surface area contributed by atoms with Gasteiger partial charge in [0.05, 0.1) is 6.61 Å². The molecule has 1 atom stereocenters. The fourth-order valence-electron chi connectivity index (χ4n) is 1.82. The molecule has 1 aliphatic heterocycles. The fourth-order valence-corrected chi connectivity index (χ4v) is 1.82. The number of rotatable bonds is 4. The maximum Gasteiger partial charge on any atom is 0.159 e. The number of nitrogens with one attached hydrogen (secondary N) is 1. The summed E-state index contributed by atoms with van der Waals surface area (Å²) < 4.78 is 30.7. The zero-order chi connectivity index (χ0) is 12.3. The Balaban J connectivity index is 1.83. The molecule has 2 rings (SSSR count). The maximum absolute atomic E-state index is 12.9. The van der Waals surface area contributed by atoms with Crippen molar-refractivity contribution in [1.29, 1.82) is 0 Å². The maximum atomic E-state index is 12.9. The predicted octanol–water partition coefficient (Wildman–Crippen LogP) is 1.21. The monoisotopic (exact) mass is 243 g/mol. The number of hydrogen-bond donors (Lipinski definition) is 2. The Labute approximate surface area is 98.4 Å². The Bertz CT molecular complexity index is 392. The lowest BCUT2D eigenvalue weighted by molar-refractivity contribution is 0.0268. The average molecular weight is 243 g/mol. The topological polar surface area (TPSA) is 41.5 Å². The lowest BCUT2D eigenvalue weighted by Crippen LogP contribution is -2.40. The molecule has 1 heterocycles. The SMILES string of the molecule is OC1(CNCc2ccc(F)c(F)c2)CCOC1. The van der Waals surface area contributed by atoms with Crippen molar-refractivity contribution in [3.63, 3.8) is 0 Å². The summed E-state index contributed by atoms with van der Waals surface area (Å²) >= 11 is 0. The van der Waals surface area contributed by atoms with E-state index < -0.39 is 17.2 Å². The summed E-state index contributed by atoms with van der Waals surface area (Å²) in [5.74, 6) is -1.70. The molecule has 0 amide bonds. The second kappa shape index (κ2) is 5.08. The van der Waals surface area contributed by atoms with Crippen molar-refractivity contribution < 1.29 is 18.6 Å². The van der Waals surface area contributed by atoms with Gasteiger partial charge in [-0.2, -0.15) is 0 Å². The van der Waals surface area contributed by atoms with Crippen LogP contribution in [0.5, 0.6) is 0 Å². The molecule has 94 valence electrons. The first-order chi connectivity index (χ1) is 8.09. The van der Waals surface area contributed by atoms with Crippen LogP contribution < -0.4 is 5.32 Å². The Hall–Kier alpha value is -1.04. The van der Waals surface area contributed by atoms with Crippen LogP contribution in [0.25, 0.3) is 0 Å². The molecule has 1 saturated heterocycles. The van der Waals surface area contributed by atoms with Crippen LogP contribution in [0.1, 0.15) is 12.0 Å². The van der Waals surface area contributed by atoms with E-state index in [1.165, 1.54) is 6.07 Å². The van der Waals surface area contributed by atoms with Gasteiger partial charge in [0, 0.05) is 26.1 Å². The van der Waals surface area contributed by atoms with Crippen molar-refractivity contribution >= 4 is 0 Å². The highest BCUT2D eigenvalue weighted by molar-refractivity contribution is 5.17. The van der Waals surface area contributed by atoms with Gasteiger partial charge in [0.1, 0.15) is 5.60 Å². The molecule has 0 aromatic heterocycles. The van der Waals surface area contributed by atoms with Crippen molar-refractivity contribution in [2.45, 2.75) is 18.6 Å². The van der Waals surface area contributed by atoms with Crippen LogP contribution in [-0.4, -0.2) is 30.5 Å². The Morgan fingerprint density at radius 2 is 2.18 bits per heavy atom. The molecule has 0 spiro atoms. The van der Waals surface area contributed by atoms with Gasteiger partial charge in [-0.05, 0) is 17.7 Å². The third-order valence-electron chi connectivity index (χ3n) is 2.85. The van der Waals surface area contributed by atoms with Crippen molar-refractivity contribution in [3.8, 4) is 0 Å². The van der Waals surface area contributed by atoms with E-state index in [1.54, 1.807) is 0 Å². The van der Waals surface area contributed by atoms with Gasteiger partial charge in [-0.15, -0.1) is 0 Å². The summed E-state index contributed by atoms with van der Waals surface area (Å²) in [7, 11) is 0. The van der Waals surface area contributed by atoms with Crippen LogP contribution in [0.4, 0.5) is 8.78 Å². The molecule has 0 saturated carbocycles. The first-order valence-corrected chi connectivity index (χ1v) is 5.54. The van der Waals surface area contributed by atoms with E-state index in [0.717, 1.165) is 12.1 Å². The largest absolute Gasteiger partial charge is 0.386 e. The van der Waals surface area contributed by atoms with Crippen LogP contribution in [0.15, 0.2) is 18.2 Å². The second-order valence-electron chi connectivity index (χ2n) is 4.38. The standard InChI is InChI=1S/C12H15F2NO2/c13-10-2-1-9(5-11(10)14)6-15-7-12(16)3-4-17-8-12/h1-2,5,15-16H,3-4,6-8H2. The zero-order valence-electron chi connectivity index (χ0n) is 9.38. The van der Waals surface area contributed by atoms with E-state index in [9.17, 15) is 13.9 Å². The minimum Gasteiger partial charge on any atom is -0.386 e. The predicted molar refractivity (Wildman–Crippen MR) is 58.5 cm³/mol. The lowest BCUT2D eigenvalue weighted by atomic mass is 10.0. The van der Waals surface area contributed by atoms with Gasteiger partial charge >= 0.3 is 0 Å². The van der Waals surface area contributed by atoms with E-state index in [4.69, 9.17) is 4.74 Å². The molecule has 1 aromatic carbocycles. The molecule has 3 nitrogen and oxygen atoms in total. The molecule has 0 bridgehead atoms. The summed E-state index contributed by atoms with van der Waals surface area (Å²) in [6.07, 6.45) is 0.595. The van der Waals surface area contributed by atoms with Gasteiger partial charge in [-0.3, -0.25) is 0 Å². The molecule has 1 unspecified atom stereocenters. The average Bonchev–Trinajstić information content (AvgIpc) is 2.71. The van der Waals surface area contributed by atoms with E-state index in [2.05, 4.69) is 5.32 Å². The van der Waals surface area contributed by atoms with Crippen LogP contribution >= 0.6 is 0 Å². The van der Waals surface area contributed by atoms with Gasteiger partial charge in [0.15, 0.2) is 11.6 Å². The highest BCUT2D eigenvalue weighted by Gasteiger charge is 2.31. The molecule has 1 aromatic rings. The number of ether oxygens (including phenoxy) is 1. The van der Waals surface area contributed by atoms with Gasteiger partial charge in [-0.1, -0.05) is 6.07 Å². The minimum atomic E-state index is -0.854. The van der Waals surface area contributed by atoms with Crippen molar-refractivity contribution in [2.24, 2.45) is 0 Å². The highest BCUT2D eigenvalue weighted by Crippen LogP contribution is 2.17. The lowest BCUT2D eigenvalue weighted by Gasteiger charge is -2.20. The Morgan fingerprint density at radius 1 is 1.35 bits per heavy atom. The van der Waals surface area contributed by atoms with Crippen molar-refractivity contribution in [1.82, 2.24) is 5.32 Å². The number of aliphatic hydroxyl groups is 1. The summed E-state index contributed by atoms with van der Waals surface area (Å²) in [4.78, 5) is 0. The normalized spacial score (nSPS) is 24.2. The molecule has 5 heteroatoms. The van der Waals surface area contributed by atoms with Gasteiger partial charge in [-0.25, -0.2) is 8.78 Å². The second-order valence-corrected chi connectivity index (χ2v) is 4.38. The summed E-state index contributed by atoms with van der Waals surface area (Å²) in [6.45, 7) is 1.65. The van der Waals surface area contributed by atoms with E-state index in [1.807, 2.05) is 0 Å². The molecule has 1 aliphatic rings. The van der Waals surface area contributed by atoms with E-state index >= 15 is 0 Å². The number of halogens is 2. The summed E-state index contributed by atoms with van der Waals surface area (Å²) in [6, 6.07) is 3.76. The zero-order valence-corrected chi connectivity index (χ0v) is 9.38. The summed E-state index contributed by atoms with van der Waals surface area (Å²) in [5, 5.41) is 13.0. The number of benzene rings is 1. The van der Waals surface area contributed by atoms with Crippen molar-refractivity contribution in [2.75, 3.05) is 19.8 Å². The molecule has 0 radical (unpaired) electrons. The van der Waals surface area contributed by atoms with Crippen LogP contribution in [0.3, 0.4) is 0 Å². The first kappa shape index (κ1) is 12.4. The number of hydrogen-bond acceptors (Lipinski definition) is 3. The third-order valence-corrected chi connectivity index (χ3v) is 2.85. The first-order valence-electron chi connectivity index (χ1n) is 5.54. The minimum absolute atomic E-state index is 0.317.